The molecule has 13 aromatic rings. The summed E-state index contributed by atoms with van der Waals surface area (Å²) < 4.78 is 12.6. The van der Waals surface area contributed by atoms with Crippen LogP contribution in [0.5, 0.6) is 0 Å². The third-order valence-electron chi connectivity index (χ3n) is 13.5. The number of thiophene rings is 1. The number of aromatic nitrogens is 2. The number of rotatable bonds is 7. The second-order valence-electron chi connectivity index (χ2n) is 17.0. The molecular formula is C61H42N2OS. The lowest BCUT2D eigenvalue weighted by molar-refractivity contribution is 0.670. The van der Waals surface area contributed by atoms with Gasteiger partial charge in [-0.25, -0.2) is 0 Å². The molecule has 9 aromatic carbocycles. The maximum absolute atomic E-state index is 6.40. The molecule has 0 bridgehead atoms. The zero-order valence-electron chi connectivity index (χ0n) is 36.0. The Morgan fingerprint density at radius 1 is 0.446 bits per heavy atom. The van der Waals surface area contributed by atoms with Crippen LogP contribution in [0.2, 0.25) is 0 Å². The second kappa shape index (κ2) is 14.8. The lowest BCUT2D eigenvalue weighted by Crippen LogP contribution is -1.94. The average Bonchev–Trinajstić information content (AvgIpc) is 4.11. The topological polar surface area (TPSA) is 23.0 Å². The monoisotopic (exact) mass is 850 g/mol. The summed E-state index contributed by atoms with van der Waals surface area (Å²) in [7, 11) is 0. The van der Waals surface area contributed by atoms with E-state index >= 15 is 0 Å². The van der Waals surface area contributed by atoms with Crippen LogP contribution < -0.4 is 0 Å². The van der Waals surface area contributed by atoms with E-state index in [0.717, 1.165) is 50.9 Å². The van der Waals surface area contributed by atoms with E-state index in [2.05, 4.69) is 217 Å². The summed E-state index contributed by atoms with van der Waals surface area (Å²) >= 11 is 1.90. The maximum atomic E-state index is 6.40. The zero-order chi connectivity index (χ0) is 43.2. The molecule has 65 heavy (non-hydrogen) atoms. The minimum absolute atomic E-state index is 0.914. The molecule has 0 unspecified atom stereocenters. The molecule has 0 aliphatic carbocycles. The number of hydrogen-bond donors (Lipinski definition) is 0. The molecule has 0 atom stereocenters. The van der Waals surface area contributed by atoms with Crippen molar-refractivity contribution in [3.05, 3.63) is 211 Å². The van der Waals surface area contributed by atoms with E-state index in [0.29, 0.717) is 0 Å². The highest BCUT2D eigenvalue weighted by Gasteiger charge is 2.19. The van der Waals surface area contributed by atoms with Crippen molar-refractivity contribution in [2.45, 2.75) is 20.3 Å². The highest BCUT2D eigenvalue weighted by Crippen LogP contribution is 2.42. The minimum atomic E-state index is 0.914. The van der Waals surface area contributed by atoms with Crippen LogP contribution in [0, 0.1) is 0 Å². The van der Waals surface area contributed by atoms with E-state index in [1.54, 1.807) is 0 Å². The van der Waals surface area contributed by atoms with Gasteiger partial charge in [0.15, 0.2) is 0 Å². The number of allylic oxidation sites excluding steroid dienone is 1. The Morgan fingerprint density at radius 2 is 0.938 bits per heavy atom. The van der Waals surface area contributed by atoms with Gasteiger partial charge >= 0.3 is 0 Å². The fraction of sp³-hybridized carbons (Fsp3) is 0.0492. The molecule has 13 rings (SSSR count). The summed E-state index contributed by atoms with van der Waals surface area (Å²) in [5.41, 5.74) is 17.5. The Balaban J connectivity index is 0.876. The largest absolute Gasteiger partial charge is 0.455 e. The van der Waals surface area contributed by atoms with Gasteiger partial charge in [0.05, 0.1) is 22.1 Å². The van der Waals surface area contributed by atoms with E-state index in [-0.39, 0.29) is 0 Å². The van der Waals surface area contributed by atoms with E-state index in [9.17, 15) is 0 Å². The summed E-state index contributed by atoms with van der Waals surface area (Å²) in [4.78, 5) is 1.36. The fourth-order valence-electron chi connectivity index (χ4n) is 10.5. The smallest absolute Gasteiger partial charge is 0.143 e. The highest BCUT2D eigenvalue weighted by molar-refractivity contribution is 7.20. The van der Waals surface area contributed by atoms with Crippen molar-refractivity contribution in [1.82, 2.24) is 9.13 Å². The van der Waals surface area contributed by atoms with Crippen LogP contribution in [-0.2, 0) is 6.42 Å². The van der Waals surface area contributed by atoms with Crippen molar-refractivity contribution >= 4 is 93.0 Å². The van der Waals surface area contributed by atoms with Gasteiger partial charge in [0, 0.05) is 58.8 Å². The van der Waals surface area contributed by atoms with Crippen molar-refractivity contribution in [3.63, 3.8) is 0 Å². The molecule has 3 nitrogen and oxygen atoms in total. The maximum Gasteiger partial charge on any atom is 0.143 e. The van der Waals surface area contributed by atoms with E-state index in [1.165, 1.54) is 86.4 Å². The number of fused-ring (bicyclic) bond motifs is 10. The van der Waals surface area contributed by atoms with Crippen LogP contribution in [0.4, 0.5) is 0 Å². The number of nitrogens with zero attached hydrogens (tertiary/aromatic N) is 2. The first-order chi connectivity index (χ1) is 32.1. The van der Waals surface area contributed by atoms with Crippen LogP contribution in [0.25, 0.3) is 126 Å². The molecule has 4 heterocycles. The summed E-state index contributed by atoms with van der Waals surface area (Å²) in [5.74, 6) is 0. The summed E-state index contributed by atoms with van der Waals surface area (Å²) in [5, 5.41) is 8.62. The fourth-order valence-corrected chi connectivity index (χ4v) is 11.9. The standard InChI is InChI=1S/C61H42N2OS/c1-3-13-59-44(4-2)51-20-12-18-46(61(51)65-59)39-26-32-43(33-27-39)63-55-22-9-6-15-48(55)53-37-41(29-35-57(53)63)40-28-34-56-52(36-40)47-14-5-8-21-54(47)62(56)42-30-24-38(25-31-42)45-17-11-19-50-49-16-7-10-23-58(49)64-60(45)50/h3,5-37H,4H2,1-2H3/b13-3-. The molecule has 0 amide bonds. The van der Waals surface area contributed by atoms with Crippen molar-refractivity contribution in [2.24, 2.45) is 0 Å². The number of para-hydroxylation sites is 4. The van der Waals surface area contributed by atoms with Crippen LogP contribution >= 0.6 is 11.3 Å². The molecule has 0 aliphatic heterocycles. The molecule has 0 saturated carbocycles. The predicted molar refractivity (Wildman–Crippen MR) is 278 cm³/mol. The van der Waals surface area contributed by atoms with Gasteiger partial charge in [-0.1, -0.05) is 140 Å². The number of benzene rings is 9. The second-order valence-corrected chi connectivity index (χ2v) is 18.1. The van der Waals surface area contributed by atoms with Crippen molar-refractivity contribution in [1.29, 1.82) is 0 Å². The normalized spacial score (nSPS) is 12.2. The van der Waals surface area contributed by atoms with Crippen LogP contribution in [-0.4, -0.2) is 9.13 Å². The minimum Gasteiger partial charge on any atom is -0.455 e. The van der Waals surface area contributed by atoms with Crippen molar-refractivity contribution in [3.8, 4) is 44.8 Å². The van der Waals surface area contributed by atoms with Gasteiger partial charge in [-0.05, 0) is 125 Å². The molecule has 0 fully saturated rings. The molecule has 308 valence electrons. The van der Waals surface area contributed by atoms with Crippen molar-refractivity contribution < 1.29 is 4.42 Å². The third kappa shape index (κ3) is 5.81. The van der Waals surface area contributed by atoms with Crippen LogP contribution in [0.3, 0.4) is 0 Å². The molecular weight excluding hydrogens is 809 g/mol. The van der Waals surface area contributed by atoms with Gasteiger partial charge in [0.2, 0.25) is 0 Å². The first-order valence-electron chi connectivity index (χ1n) is 22.5. The zero-order valence-corrected chi connectivity index (χ0v) is 36.9. The Kier molecular flexibility index (Phi) is 8.59. The highest BCUT2D eigenvalue weighted by atomic mass is 32.1. The number of aryl methyl sites for hydroxylation is 1. The van der Waals surface area contributed by atoms with Crippen LogP contribution in [0.15, 0.2) is 205 Å². The summed E-state index contributed by atoms with van der Waals surface area (Å²) in [6.45, 7) is 4.36. The summed E-state index contributed by atoms with van der Waals surface area (Å²) in [6, 6.07) is 71.1. The quantitative estimate of drug-likeness (QED) is 0.157. The Bertz CT molecular complexity index is 4040. The lowest BCUT2D eigenvalue weighted by atomic mass is 10.0. The lowest BCUT2D eigenvalue weighted by Gasteiger charge is -2.11. The van der Waals surface area contributed by atoms with Gasteiger partial charge in [0.25, 0.3) is 0 Å². The molecule has 4 heteroatoms. The van der Waals surface area contributed by atoms with E-state index in [4.69, 9.17) is 4.42 Å². The first-order valence-corrected chi connectivity index (χ1v) is 23.3. The number of hydrogen-bond acceptors (Lipinski definition) is 2. The third-order valence-corrected chi connectivity index (χ3v) is 14.7. The predicted octanol–water partition coefficient (Wildman–Crippen LogP) is 17.6. The Hall–Kier alpha value is -7.92. The number of furan rings is 1. The Labute approximate surface area is 380 Å². The van der Waals surface area contributed by atoms with Gasteiger partial charge in [-0.15, -0.1) is 11.3 Å². The van der Waals surface area contributed by atoms with Gasteiger partial charge in [-0.2, -0.15) is 0 Å². The van der Waals surface area contributed by atoms with Crippen molar-refractivity contribution in [2.75, 3.05) is 0 Å². The molecule has 0 spiro atoms. The molecule has 0 radical (unpaired) electrons. The molecule has 4 aromatic heterocycles. The summed E-state index contributed by atoms with van der Waals surface area (Å²) in [6.07, 6.45) is 5.43. The van der Waals surface area contributed by atoms with Gasteiger partial charge in [0.1, 0.15) is 11.2 Å². The first kappa shape index (κ1) is 37.6. The van der Waals surface area contributed by atoms with Crippen LogP contribution in [0.1, 0.15) is 24.3 Å². The Morgan fingerprint density at radius 3 is 1.54 bits per heavy atom. The average molecular weight is 851 g/mol. The van der Waals surface area contributed by atoms with E-state index < -0.39 is 0 Å². The van der Waals surface area contributed by atoms with E-state index in [1.807, 2.05) is 23.5 Å². The SMILES string of the molecule is C/C=C\c1sc2c(-c3ccc(-n4c5ccccc5c5cc(-c6ccc7c(c6)c6ccccc6n7-c6ccc(-c7cccc8c7oc7ccccc78)cc6)ccc54)cc3)cccc2c1CC. The van der Waals surface area contributed by atoms with Gasteiger partial charge < -0.3 is 13.6 Å². The molecule has 0 saturated heterocycles. The molecule has 0 aliphatic rings. The molecule has 0 N–H and O–H groups in total. The van der Waals surface area contributed by atoms with Gasteiger partial charge in [-0.3, -0.25) is 0 Å².